The van der Waals surface area contributed by atoms with E-state index in [9.17, 15) is 4.79 Å². The zero-order chi connectivity index (χ0) is 15.4. The molecule has 1 amide bonds. The smallest absolute Gasteiger partial charge is 0.243 e. The molecule has 0 bridgehead atoms. The summed E-state index contributed by atoms with van der Waals surface area (Å²) in [4.78, 5) is 12.0. The van der Waals surface area contributed by atoms with E-state index in [-0.39, 0.29) is 12.5 Å². The van der Waals surface area contributed by atoms with E-state index in [0.29, 0.717) is 21.4 Å². The van der Waals surface area contributed by atoms with Crippen molar-refractivity contribution < 1.29 is 4.79 Å². The van der Waals surface area contributed by atoms with Gasteiger partial charge in [0.05, 0.1) is 17.3 Å². The average Bonchev–Trinajstić information content (AvgIpc) is 2.42. The Balaban J connectivity index is 1.97. The normalized spacial score (nSPS) is 10.3. The second-order valence-electron chi connectivity index (χ2n) is 4.49. The lowest BCUT2D eigenvalue weighted by molar-refractivity contribution is -0.114. The summed E-state index contributed by atoms with van der Waals surface area (Å²) in [5, 5.41) is 6.95. The molecule has 21 heavy (non-hydrogen) atoms. The maximum atomic E-state index is 12.0. The van der Waals surface area contributed by atoms with Crippen LogP contribution in [0.15, 0.2) is 40.9 Å². The molecule has 110 valence electrons. The van der Waals surface area contributed by atoms with Gasteiger partial charge in [0.2, 0.25) is 5.91 Å². The number of hydrogen-bond acceptors (Lipinski definition) is 2. The van der Waals surface area contributed by atoms with Gasteiger partial charge < -0.3 is 10.6 Å². The molecule has 0 aliphatic heterocycles. The predicted octanol–water partition coefficient (Wildman–Crippen LogP) is 5.11. The topological polar surface area (TPSA) is 41.1 Å². The van der Waals surface area contributed by atoms with Crippen LogP contribution in [0, 0.1) is 6.92 Å². The molecule has 0 radical (unpaired) electrons. The first-order valence-corrected chi connectivity index (χ1v) is 7.75. The molecule has 0 aliphatic carbocycles. The van der Waals surface area contributed by atoms with Crippen molar-refractivity contribution in [3.8, 4) is 0 Å². The Bertz CT molecular complexity index is 677. The summed E-state index contributed by atoms with van der Waals surface area (Å²) in [6.07, 6.45) is 0. The standard InChI is InChI=1S/C15H13BrCl2N2O/c1-9-2-4-11(17)7-14(9)20-15(21)8-19-13-5-3-10(16)6-12(13)18/h2-7,19H,8H2,1H3,(H,20,21). The van der Waals surface area contributed by atoms with E-state index in [4.69, 9.17) is 23.2 Å². The Morgan fingerprint density at radius 1 is 1.14 bits per heavy atom. The molecule has 0 aromatic heterocycles. The number of carbonyl (C=O) groups excluding carboxylic acids is 1. The van der Waals surface area contributed by atoms with Crippen molar-refractivity contribution in [2.24, 2.45) is 0 Å². The third kappa shape index (κ3) is 4.63. The zero-order valence-electron chi connectivity index (χ0n) is 11.2. The van der Waals surface area contributed by atoms with Crippen molar-refractivity contribution in [3.05, 3.63) is 56.5 Å². The Morgan fingerprint density at radius 2 is 1.90 bits per heavy atom. The minimum absolute atomic E-state index is 0.118. The van der Waals surface area contributed by atoms with Gasteiger partial charge in [-0.3, -0.25) is 4.79 Å². The maximum absolute atomic E-state index is 12.0. The first-order valence-electron chi connectivity index (χ1n) is 6.20. The SMILES string of the molecule is Cc1ccc(Cl)cc1NC(=O)CNc1ccc(Br)cc1Cl. The fourth-order valence-corrected chi connectivity index (χ4v) is 2.64. The van der Waals surface area contributed by atoms with E-state index in [1.807, 2.05) is 25.1 Å². The number of carbonyl (C=O) groups is 1. The average molecular weight is 388 g/mol. The van der Waals surface area contributed by atoms with E-state index in [1.54, 1.807) is 18.2 Å². The highest BCUT2D eigenvalue weighted by Crippen LogP contribution is 2.25. The third-order valence-corrected chi connectivity index (χ3v) is 3.89. The number of aryl methyl sites for hydroxylation is 1. The van der Waals surface area contributed by atoms with Gasteiger partial charge in [0.25, 0.3) is 0 Å². The lowest BCUT2D eigenvalue weighted by Crippen LogP contribution is -2.22. The van der Waals surface area contributed by atoms with Gasteiger partial charge in [-0.05, 0) is 42.8 Å². The Hall–Kier alpha value is -1.23. The van der Waals surface area contributed by atoms with Gasteiger partial charge in [-0.2, -0.15) is 0 Å². The number of rotatable bonds is 4. The van der Waals surface area contributed by atoms with Crippen LogP contribution in [-0.4, -0.2) is 12.5 Å². The lowest BCUT2D eigenvalue weighted by atomic mass is 10.2. The van der Waals surface area contributed by atoms with Gasteiger partial charge in [0.15, 0.2) is 0 Å². The van der Waals surface area contributed by atoms with Crippen molar-refractivity contribution >= 4 is 56.4 Å². The summed E-state index contributed by atoms with van der Waals surface area (Å²) in [5.41, 5.74) is 2.36. The van der Waals surface area contributed by atoms with Crippen molar-refractivity contribution in [1.82, 2.24) is 0 Å². The van der Waals surface area contributed by atoms with Crippen LogP contribution in [0.5, 0.6) is 0 Å². The molecule has 0 atom stereocenters. The van der Waals surface area contributed by atoms with Crippen LogP contribution < -0.4 is 10.6 Å². The Labute approximate surface area is 141 Å². The molecule has 2 aromatic rings. The Morgan fingerprint density at radius 3 is 2.62 bits per heavy atom. The van der Waals surface area contributed by atoms with Crippen molar-refractivity contribution in [2.75, 3.05) is 17.2 Å². The van der Waals surface area contributed by atoms with Gasteiger partial charge in [0.1, 0.15) is 0 Å². The number of anilines is 2. The van der Waals surface area contributed by atoms with E-state index in [0.717, 1.165) is 10.0 Å². The van der Waals surface area contributed by atoms with Crippen LogP contribution in [0.25, 0.3) is 0 Å². The van der Waals surface area contributed by atoms with Crippen LogP contribution >= 0.6 is 39.1 Å². The largest absolute Gasteiger partial charge is 0.375 e. The molecule has 0 unspecified atom stereocenters. The minimum atomic E-state index is -0.167. The molecule has 2 aromatic carbocycles. The number of halogens is 3. The molecule has 0 saturated heterocycles. The highest BCUT2D eigenvalue weighted by molar-refractivity contribution is 9.10. The summed E-state index contributed by atoms with van der Waals surface area (Å²) < 4.78 is 0.886. The van der Waals surface area contributed by atoms with Crippen molar-refractivity contribution in [2.45, 2.75) is 6.92 Å². The number of amides is 1. The maximum Gasteiger partial charge on any atom is 0.243 e. The molecule has 0 fully saturated rings. The van der Waals surface area contributed by atoms with E-state index >= 15 is 0 Å². The fourth-order valence-electron chi connectivity index (χ4n) is 1.73. The summed E-state index contributed by atoms with van der Waals surface area (Å²) in [7, 11) is 0. The number of benzene rings is 2. The second-order valence-corrected chi connectivity index (χ2v) is 6.24. The molecule has 3 nitrogen and oxygen atoms in total. The monoisotopic (exact) mass is 386 g/mol. The number of hydrogen-bond donors (Lipinski definition) is 2. The quantitative estimate of drug-likeness (QED) is 0.764. The van der Waals surface area contributed by atoms with Crippen molar-refractivity contribution in [1.29, 1.82) is 0 Å². The highest BCUT2D eigenvalue weighted by Gasteiger charge is 2.07. The molecule has 2 N–H and O–H groups in total. The van der Waals surface area contributed by atoms with Gasteiger partial charge in [-0.15, -0.1) is 0 Å². The highest BCUT2D eigenvalue weighted by atomic mass is 79.9. The van der Waals surface area contributed by atoms with Crippen LogP contribution in [0.2, 0.25) is 10.0 Å². The summed E-state index contributed by atoms with van der Waals surface area (Å²) >= 11 is 15.3. The Kier molecular flexibility index (Phi) is 5.51. The van der Waals surface area contributed by atoms with Crippen LogP contribution in [-0.2, 0) is 4.79 Å². The predicted molar refractivity (Wildman–Crippen MR) is 92.5 cm³/mol. The third-order valence-electron chi connectivity index (χ3n) is 2.84. The first-order chi connectivity index (χ1) is 9.95. The van der Waals surface area contributed by atoms with Crippen molar-refractivity contribution in [3.63, 3.8) is 0 Å². The van der Waals surface area contributed by atoms with E-state index < -0.39 is 0 Å². The number of nitrogens with one attached hydrogen (secondary N) is 2. The molecular weight excluding hydrogens is 375 g/mol. The van der Waals surface area contributed by atoms with Crippen LogP contribution in [0.3, 0.4) is 0 Å². The summed E-state index contributed by atoms with van der Waals surface area (Å²) in [6.45, 7) is 2.03. The van der Waals surface area contributed by atoms with Gasteiger partial charge in [0, 0.05) is 15.2 Å². The summed E-state index contributed by atoms with van der Waals surface area (Å²) in [6, 6.07) is 10.8. The zero-order valence-corrected chi connectivity index (χ0v) is 14.3. The van der Waals surface area contributed by atoms with Gasteiger partial charge in [-0.1, -0.05) is 45.2 Å². The van der Waals surface area contributed by atoms with E-state index in [2.05, 4.69) is 26.6 Å². The first kappa shape index (κ1) is 16.1. The van der Waals surface area contributed by atoms with Gasteiger partial charge >= 0.3 is 0 Å². The second kappa shape index (κ2) is 7.16. The molecular formula is C15H13BrCl2N2O. The molecule has 2 rings (SSSR count). The van der Waals surface area contributed by atoms with Crippen LogP contribution in [0.4, 0.5) is 11.4 Å². The molecule has 6 heteroatoms. The van der Waals surface area contributed by atoms with Crippen LogP contribution in [0.1, 0.15) is 5.56 Å². The fraction of sp³-hybridized carbons (Fsp3) is 0.133. The minimum Gasteiger partial charge on any atom is -0.375 e. The molecule has 0 heterocycles. The molecule has 0 aliphatic rings. The summed E-state index contributed by atoms with van der Waals surface area (Å²) in [5.74, 6) is -0.167. The van der Waals surface area contributed by atoms with Gasteiger partial charge in [-0.25, -0.2) is 0 Å². The lowest BCUT2D eigenvalue weighted by Gasteiger charge is -2.11. The van der Waals surface area contributed by atoms with E-state index in [1.165, 1.54) is 0 Å². The molecule has 0 saturated carbocycles. The molecule has 0 spiro atoms.